The van der Waals surface area contributed by atoms with E-state index in [1.807, 2.05) is 6.92 Å². The molecule has 0 radical (unpaired) electrons. The molecular weight excluding hydrogens is 210 g/mol. The van der Waals surface area contributed by atoms with Crippen LogP contribution >= 0.6 is 0 Å². The van der Waals surface area contributed by atoms with Gasteiger partial charge in [-0.25, -0.2) is 0 Å². The zero-order chi connectivity index (χ0) is 12.0. The Labute approximate surface area is 96.3 Å². The third-order valence-electron chi connectivity index (χ3n) is 3.14. The maximum Gasteiger partial charge on any atom is 0.313 e. The summed E-state index contributed by atoms with van der Waals surface area (Å²) < 4.78 is 10.2. The van der Waals surface area contributed by atoms with Crippen LogP contribution in [0.4, 0.5) is 0 Å². The van der Waals surface area contributed by atoms with Crippen LogP contribution in [-0.2, 0) is 14.3 Å². The number of rotatable bonds is 7. The third-order valence-corrected chi connectivity index (χ3v) is 3.14. The zero-order valence-corrected chi connectivity index (χ0v) is 10.1. The first kappa shape index (κ1) is 13.4. The molecular formula is C11H21NO4. The lowest BCUT2D eigenvalue weighted by atomic mass is 9.87. The Morgan fingerprint density at radius 2 is 2.38 bits per heavy atom. The van der Waals surface area contributed by atoms with Crippen molar-refractivity contribution >= 4 is 5.97 Å². The minimum Gasteiger partial charge on any atom is -0.481 e. The summed E-state index contributed by atoms with van der Waals surface area (Å²) in [5.41, 5.74) is -0.719. The van der Waals surface area contributed by atoms with Crippen LogP contribution in [0.3, 0.4) is 0 Å². The molecule has 1 aliphatic rings. The van der Waals surface area contributed by atoms with E-state index < -0.39 is 11.4 Å². The number of carboxylic acid groups (broad SMARTS) is 1. The van der Waals surface area contributed by atoms with Crippen molar-refractivity contribution in [3.8, 4) is 0 Å². The van der Waals surface area contributed by atoms with E-state index in [1.54, 1.807) is 7.11 Å². The first-order valence-corrected chi connectivity index (χ1v) is 5.67. The topological polar surface area (TPSA) is 59.0 Å². The summed E-state index contributed by atoms with van der Waals surface area (Å²) in [7, 11) is 1.65. The second-order valence-corrected chi connectivity index (χ2v) is 4.25. The van der Waals surface area contributed by atoms with Gasteiger partial charge in [-0.05, 0) is 13.0 Å². The summed E-state index contributed by atoms with van der Waals surface area (Å²) in [6, 6.07) is 0. The van der Waals surface area contributed by atoms with Gasteiger partial charge in [0.05, 0.1) is 13.2 Å². The number of carboxylic acids is 1. The Kier molecular flexibility index (Phi) is 5.18. The van der Waals surface area contributed by atoms with Gasteiger partial charge in [-0.15, -0.1) is 0 Å². The van der Waals surface area contributed by atoms with E-state index in [1.165, 1.54) is 0 Å². The Balaban J connectivity index is 2.55. The molecule has 1 rings (SSSR count). The van der Waals surface area contributed by atoms with Crippen LogP contribution in [0.1, 0.15) is 13.3 Å². The molecule has 0 aliphatic carbocycles. The maximum absolute atomic E-state index is 11.3. The largest absolute Gasteiger partial charge is 0.481 e. The van der Waals surface area contributed by atoms with Crippen molar-refractivity contribution in [3.05, 3.63) is 0 Å². The number of nitrogens with zero attached hydrogens (tertiary/aromatic N) is 1. The Morgan fingerprint density at radius 1 is 1.62 bits per heavy atom. The SMILES string of the molecule is CCN(CCOC)CC1(C(=O)O)CCOC1. The van der Waals surface area contributed by atoms with Crippen LogP contribution in [-0.4, -0.2) is 62.5 Å². The van der Waals surface area contributed by atoms with E-state index in [9.17, 15) is 9.90 Å². The molecule has 16 heavy (non-hydrogen) atoms. The summed E-state index contributed by atoms with van der Waals surface area (Å²) in [6.07, 6.45) is 0.603. The van der Waals surface area contributed by atoms with Crippen LogP contribution in [0.2, 0.25) is 0 Å². The maximum atomic E-state index is 11.3. The molecule has 1 N–H and O–H groups in total. The molecule has 1 aliphatic heterocycles. The molecule has 1 saturated heterocycles. The lowest BCUT2D eigenvalue weighted by molar-refractivity contribution is -0.150. The molecule has 1 fully saturated rings. The standard InChI is InChI=1S/C11H21NO4/c1-3-12(5-7-15-2)8-11(10(13)14)4-6-16-9-11/h3-9H2,1-2H3,(H,13,14). The highest BCUT2D eigenvalue weighted by atomic mass is 16.5. The lowest BCUT2D eigenvalue weighted by Crippen LogP contribution is -2.44. The van der Waals surface area contributed by atoms with Gasteiger partial charge < -0.3 is 19.5 Å². The number of hydrogen-bond acceptors (Lipinski definition) is 4. The lowest BCUT2D eigenvalue weighted by Gasteiger charge is -2.30. The zero-order valence-electron chi connectivity index (χ0n) is 10.1. The molecule has 0 aromatic rings. The summed E-state index contributed by atoms with van der Waals surface area (Å²) in [4.78, 5) is 13.4. The van der Waals surface area contributed by atoms with E-state index in [2.05, 4.69) is 4.90 Å². The van der Waals surface area contributed by atoms with Crippen molar-refractivity contribution in [2.45, 2.75) is 13.3 Å². The molecule has 0 aromatic heterocycles. The molecule has 0 amide bonds. The monoisotopic (exact) mass is 231 g/mol. The molecule has 1 heterocycles. The fourth-order valence-corrected chi connectivity index (χ4v) is 1.97. The summed E-state index contributed by atoms with van der Waals surface area (Å²) >= 11 is 0. The molecule has 1 atom stereocenters. The second kappa shape index (κ2) is 6.18. The van der Waals surface area contributed by atoms with Crippen LogP contribution in [0.15, 0.2) is 0 Å². The summed E-state index contributed by atoms with van der Waals surface area (Å²) in [5, 5.41) is 9.30. The van der Waals surface area contributed by atoms with Gasteiger partial charge in [0.15, 0.2) is 0 Å². The van der Waals surface area contributed by atoms with Crippen LogP contribution in [0.5, 0.6) is 0 Å². The minimum absolute atomic E-state index is 0.325. The molecule has 0 aromatic carbocycles. The van der Waals surface area contributed by atoms with Crippen molar-refractivity contribution in [2.24, 2.45) is 5.41 Å². The molecule has 5 heteroatoms. The number of likely N-dealkylation sites (N-methyl/N-ethyl adjacent to an activating group) is 1. The number of carbonyl (C=O) groups is 1. The van der Waals surface area contributed by atoms with E-state index in [0.29, 0.717) is 32.8 Å². The number of aliphatic carboxylic acids is 1. The van der Waals surface area contributed by atoms with Gasteiger partial charge in [0.2, 0.25) is 0 Å². The molecule has 0 saturated carbocycles. The van der Waals surface area contributed by atoms with Crippen molar-refractivity contribution in [1.82, 2.24) is 4.90 Å². The highest BCUT2D eigenvalue weighted by Crippen LogP contribution is 2.30. The van der Waals surface area contributed by atoms with Crippen molar-refractivity contribution in [2.75, 3.05) is 46.6 Å². The Morgan fingerprint density at radius 3 is 2.81 bits per heavy atom. The molecule has 0 spiro atoms. The first-order valence-electron chi connectivity index (χ1n) is 5.67. The van der Waals surface area contributed by atoms with Gasteiger partial charge in [-0.2, -0.15) is 0 Å². The molecule has 0 bridgehead atoms. The van der Waals surface area contributed by atoms with E-state index >= 15 is 0 Å². The average molecular weight is 231 g/mol. The van der Waals surface area contributed by atoms with Crippen molar-refractivity contribution in [1.29, 1.82) is 0 Å². The fourth-order valence-electron chi connectivity index (χ4n) is 1.97. The summed E-state index contributed by atoms with van der Waals surface area (Å²) in [6.45, 7) is 5.67. The predicted octanol–water partition coefficient (Wildman–Crippen LogP) is 0.446. The molecule has 94 valence electrons. The first-order chi connectivity index (χ1) is 7.64. The Hall–Kier alpha value is -0.650. The fraction of sp³-hybridized carbons (Fsp3) is 0.909. The van der Waals surface area contributed by atoms with Crippen LogP contribution in [0.25, 0.3) is 0 Å². The van der Waals surface area contributed by atoms with Gasteiger partial charge in [0.25, 0.3) is 0 Å². The van der Waals surface area contributed by atoms with E-state index in [4.69, 9.17) is 9.47 Å². The second-order valence-electron chi connectivity index (χ2n) is 4.25. The van der Waals surface area contributed by atoms with Crippen LogP contribution < -0.4 is 0 Å². The Bertz CT molecular complexity index is 226. The normalized spacial score (nSPS) is 25.2. The number of methoxy groups -OCH3 is 1. The van der Waals surface area contributed by atoms with Crippen molar-refractivity contribution < 1.29 is 19.4 Å². The van der Waals surface area contributed by atoms with Crippen molar-refractivity contribution in [3.63, 3.8) is 0 Å². The highest BCUT2D eigenvalue weighted by molar-refractivity contribution is 5.75. The number of ether oxygens (including phenoxy) is 2. The molecule has 1 unspecified atom stereocenters. The van der Waals surface area contributed by atoms with Gasteiger partial charge >= 0.3 is 5.97 Å². The average Bonchev–Trinajstić information content (AvgIpc) is 2.74. The number of hydrogen-bond donors (Lipinski definition) is 1. The highest BCUT2D eigenvalue weighted by Gasteiger charge is 2.43. The van der Waals surface area contributed by atoms with Gasteiger partial charge in [-0.3, -0.25) is 4.79 Å². The molecule has 5 nitrogen and oxygen atoms in total. The van der Waals surface area contributed by atoms with Gasteiger partial charge in [0, 0.05) is 26.8 Å². The third kappa shape index (κ3) is 3.17. The predicted molar refractivity (Wildman–Crippen MR) is 59.5 cm³/mol. The van der Waals surface area contributed by atoms with Gasteiger partial charge in [0.1, 0.15) is 5.41 Å². The van der Waals surface area contributed by atoms with Crippen LogP contribution in [0, 0.1) is 5.41 Å². The minimum atomic E-state index is -0.749. The van der Waals surface area contributed by atoms with E-state index in [-0.39, 0.29) is 0 Å². The van der Waals surface area contributed by atoms with E-state index in [0.717, 1.165) is 13.1 Å². The summed E-state index contributed by atoms with van der Waals surface area (Å²) in [5.74, 6) is -0.749. The quantitative estimate of drug-likeness (QED) is 0.689. The van der Waals surface area contributed by atoms with Gasteiger partial charge in [-0.1, -0.05) is 6.92 Å². The smallest absolute Gasteiger partial charge is 0.313 e.